The number of fused-ring (bicyclic) bond motifs is 7. The summed E-state index contributed by atoms with van der Waals surface area (Å²) in [6.07, 6.45) is -6.86. The summed E-state index contributed by atoms with van der Waals surface area (Å²) in [7, 11) is 0. The van der Waals surface area contributed by atoms with E-state index in [4.69, 9.17) is 33.2 Å². The topological polar surface area (TPSA) is 226 Å². The van der Waals surface area contributed by atoms with E-state index in [9.17, 15) is 40.9 Å². The maximum Gasteiger partial charge on any atom is 0.199 e. The van der Waals surface area contributed by atoms with Crippen LogP contribution in [0.5, 0.6) is 0 Å². The molecule has 3 bridgehead atoms. The van der Waals surface area contributed by atoms with Crippen molar-refractivity contribution in [3.63, 3.8) is 0 Å². The van der Waals surface area contributed by atoms with Gasteiger partial charge in [0.05, 0.1) is 43.7 Å². The summed E-state index contributed by atoms with van der Waals surface area (Å²) in [6.45, 7) is 10.3. The van der Waals surface area contributed by atoms with Gasteiger partial charge >= 0.3 is 0 Å². The third kappa shape index (κ3) is 5.36. The number of hydrogen-bond acceptors (Lipinski definition) is 15. The lowest BCUT2D eigenvalue weighted by molar-refractivity contribution is -0.403. The quantitative estimate of drug-likeness (QED) is 0.162. The Morgan fingerprint density at radius 1 is 0.804 bits per heavy atom. The Labute approximate surface area is 328 Å². The van der Waals surface area contributed by atoms with Crippen molar-refractivity contribution in [1.29, 1.82) is 0 Å². The number of rotatable bonds is 7. The van der Waals surface area contributed by atoms with E-state index in [1.54, 1.807) is 0 Å². The number of aliphatic hydroxyl groups excluding tert-OH is 7. The van der Waals surface area contributed by atoms with Gasteiger partial charge in [-0.1, -0.05) is 39.3 Å². The molecule has 56 heavy (non-hydrogen) atoms. The fourth-order valence-corrected chi connectivity index (χ4v) is 13.8. The predicted octanol–water partition coefficient (Wildman–Crippen LogP) is 0.245. The van der Waals surface area contributed by atoms with Crippen LogP contribution in [0.25, 0.3) is 0 Å². The molecule has 4 aliphatic carbocycles. The average Bonchev–Trinajstić information content (AvgIpc) is 3.53. The van der Waals surface area contributed by atoms with Crippen molar-refractivity contribution in [2.45, 2.75) is 183 Å². The van der Waals surface area contributed by atoms with E-state index in [-0.39, 0.29) is 47.4 Å². The van der Waals surface area contributed by atoms with Crippen molar-refractivity contribution in [1.82, 2.24) is 0 Å². The van der Waals surface area contributed by atoms with Gasteiger partial charge in [-0.15, -0.1) is 0 Å². The van der Waals surface area contributed by atoms with E-state index in [0.29, 0.717) is 31.8 Å². The summed E-state index contributed by atoms with van der Waals surface area (Å²) < 4.78 is 44.7. The first-order valence-electron chi connectivity index (χ1n) is 21.2. The second-order valence-electron chi connectivity index (χ2n) is 19.5. The van der Waals surface area contributed by atoms with Gasteiger partial charge in [-0.25, -0.2) is 0 Å². The molecule has 9 aliphatic rings. The maximum atomic E-state index is 13.1. The average molecular weight is 797 g/mol. The fourth-order valence-electron chi connectivity index (χ4n) is 13.8. The Hall–Kier alpha value is -0.860. The largest absolute Gasteiger partial charge is 0.394 e. The van der Waals surface area contributed by atoms with Crippen molar-refractivity contribution < 1.29 is 74.0 Å². The lowest BCUT2D eigenvalue weighted by Gasteiger charge is -2.61. The molecule has 0 amide bonds. The molecule has 5 saturated heterocycles. The predicted molar refractivity (Wildman–Crippen MR) is 193 cm³/mol. The van der Waals surface area contributed by atoms with Gasteiger partial charge in [0.2, 0.25) is 0 Å². The molecule has 1 spiro atoms. The first-order valence-corrected chi connectivity index (χ1v) is 21.2. The molecule has 15 nitrogen and oxygen atoms in total. The minimum atomic E-state index is -1.74. The van der Waals surface area contributed by atoms with E-state index in [2.05, 4.69) is 40.7 Å². The molecule has 3 saturated carbocycles. The van der Waals surface area contributed by atoms with Gasteiger partial charge in [0, 0.05) is 23.7 Å². The van der Waals surface area contributed by atoms with Crippen molar-refractivity contribution in [3.8, 4) is 0 Å². The number of ether oxygens (including phenoxy) is 7. The molecule has 23 atom stereocenters. The van der Waals surface area contributed by atoms with Gasteiger partial charge < -0.3 is 74.0 Å². The summed E-state index contributed by atoms with van der Waals surface area (Å²) in [6, 6.07) is 0. The number of hydrogen-bond donors (Lipinski definition) is 8. The Kier molecular flexibility index (Phi) is 10.0. The van der Waals surface area contributed by atoms with Crippen molar-refractivity contribution in [3.05, 3.63) is 11.6 Å². The second kappa shape index (κ2) is 13.8. The van der Waals surface area contributed by atoms with Gasteiger partial charge in [0.1, 0.15) is 54.4 Å². The van der Waals surface area contributed by atoms with Crippen LogP contribution < -0.4 is 0 Å². The van der Waals surface area contributed by atoms with Gasteiger partial charge in [0.25, 0.3) is 0 Å². The van der Waals surface area contributed by atoms with Crippen LogP contribution in [0.15, 0.2) is 11.6 Å². The fraction of sp³-hybridized carbons (Fsp3) is 0.951. The molecular formula is C41H64O15. The van der Waals surface area contributed by atoms with Crippen LogP contribution in [0.4, 0.5) is 0 Å². The highest BCUT2D eigenvalue weighted by Gasteiger charge is 2.82. The molecule has 0 radical (unpaired) electrons. The summed E-state index contributed by atoms with van der Waals surface area (Å²) in [4.78, 5) is 0. The van der Waals surface area contributed by atoms with Gasteiger partial charge in [-0.2, -0.15) is 0 Å². The highest BCUT2D eigenvalue weighted by molar-refractivity contribution is 5.35. The van der Waals surface area contributed by atoms with Crippen molar-refractivity contribution in [2.75, 3.05) is 19.8 Å². The summed E-state index contributed by atoms with van der Waals surface area (Å²) >= 11 is 0. The Bertz CT molecular complexity index is 1530. The molecule has 0 aromatic rings. The Morgan fingerprint density at radius 2 is 1.50 bits per heavy atom. The summed E-state index contributed by atoms with van der Waals surface area (Å²) in [5.41, 5.74) is -0.769. The third-order valence-electron chi connectivity index (χ3n) is 17.1. The van der Waals surface area contributed by atoms with Crippen LogP contribution in [-0.4, -0.2) is 157 Å². The highest BCUT2D eigenvalue weighted by Crippen LogP contribution is 2.74. The van der Waals surface area contributed by atoms with E-state index in [0.717, 1.165) is 32.1 Å². The Morgan fingerprint density at radius 3 is 2.20 bits per heavy atom. The van der Waals surface area contributed by atoms with E-state index < -0.39 is 97.0 Å². The minimum Gasteiger partial charge on any atom is -0.394 e. The van der Waals surface area contributed by atoms with E-state index in [1.807, 2.05) is 0 Å². The van der Waals surface area contributed by atoms with E-state index >= 15 is 0 Å². The third-order valence-corrected chi connectivity index (χ3v) is 17.1. The molecular weight excluding hydrogens is 732 g/mol. The van der Waals surface area contributed by atoms with Crippen LogP contribution in [0.1, 0.15) is 86.0 Å². The van der Waals surface area contributed by atoms with Crippen LogP contribution in [0, 0.1) is 40.4 Å². The van der Waals surface area contributed by atoms with Gasteiger partial charge in [0.15, 0.2) is 18.4 Å². The van der Waals surface area contributed by atoms with Crippen molar-refractivity contribution in [2.24, 2.45) is 40.4 Å². The normalized spacial score (nSPS) is 60.1. The van der Waals surface area contributed by atoms with Crippen LogP contribution in [-0.2, 0) is 33.2 Å². The molecule has 8 fully saturated rings. The molecule has 2 unspecified atom stereocenters. The minimum absolute atomic E-state index is 0.0485. The lowest BCUT2D eigenvalue weighted by Crippen LogP contribution is -2.72. The van der Waals surface area contributed by atoms with Crippen LogP contribution >= 0.6 is 0 Å². The SMILES string of the molecule is CC[C@H]1[C@@H]2OC34C[C@H]5C6=CC[C@@H]7C[C@H](O[C@@H]8O[C@H](CO)[C@@H](O)[C@H](O)[C@H]8O[C@@H]8O[C@H](CO)[C@@H](O)[C@H](O)[C@H]8O)CC[C@]7(C)C6CC[C@]5(C)[C@@]3(O)[C@H](C)[C@@H]2O[C@]1(C)CO4. The Balaban J connectivity index is 0.942. The van der Waals surface area contributed by atoms with E-state index in [1.165, 1.54) is 5.57 Å². The standard InChI is InChI=1S/C41H64O15/c1-6-22-33-32-18(2)41(49)38(4)12-10-23-21(24(38)14-40(41,56-33)50-17-39(22,5)55-32)8-7-19-13-20(9-11-37(19,23)3)51-36-34(30(47)28(45)26(16-43)53-36)54-35-31(48)29(46)27(44)25(15-42)52-35/h8,18-20,22-36,42-49H,6-7,9-17H2,1-5H3/t18-,19-,20-,22+,23?,24+,25-,26-,27-,28-,29+,30+,31-,32+,33+,34-,35+,36-,37+,38+,39-,40?,41+/m1/s1. The molecule has 9 rings (SSSR count). The first-order chi connectivity index (χ1) is 26.5. The van der Waals surface area contributed by atoms with Gasteiger partial charge in [-0.05, 0) is 75.0 Å². The maximum absolute atomic E-state index is 13.1. The second-order valence-corrected chi connectivity index (χ2v) is 19.5. The first kappa shape index (κ1) is 40.5. The van der Waals surface area contributed by atoms with Crippen LogP contribution in [0.3, 0.4) is 0 Å². The monoisotopic (exact) mass is 796 g/mol. The van der Waals surface area contributed by atoms with Crippen molar-refractivity contribution >= 4 is 0 Å². The molecule has 5 heterocycles. The van der Waals surface area contributed by atoms with Gasteiger partial charge in [-0.3, -0.25) is 0 Å². The molecule has 15 heteroatoms. The number of aliphatic hydroxyl groups is 8. The summed E-state index contributed by atoms with van der Waals surface area (Å²) in [5, 5.41) is 86.1. The molecule has 0 aromatic heterocycles. The zero-order chi connectivity index (χ0) is 39.9. The molecule has 0 aromatic carbocycles. The molecule has 5 aliphatic heterocycles. The number of allylic oxidation sites excluding steroid dienone is 2. The zero-order valence-electron chi connectivity index (χ0n) is 33.2. The zero-order valence-corrected chi connectivity index (χ0v) is 33.2. The lowest BCUT2D eigenvalue weighted by atomic mass is 9.47. The van der Waals surface area contributed by atoms with Crippen LogP contribution in [0.2, 0.25) is 0 Å². The smallest absolute Gasteiger partial charge is 0.199 e. The highest BCUT2D eigenvalue weighted by atomic mass is 16.8. The summed E-state index contributed by atoms with van der Waals surface area (Å²) in [5.74, 6) is -0.427. The molecule has 318 valence electrons. The molecule has 8 N–H and O–H groups in total.